The molecule has 2 aromatic carbocycles. The number of anilines is 1. The first-order valence-electron chi connectivity index (χ1n) is 5.89. The van der Waals surface area contributed by atoms with Crippen LogP contribution in [-0.4, -0.2) is 10.9 Å². The van der Waals surface area contributed by atoms with E-state index in [1.54, 1.807) is 0 Å². The van der Waals surface area contributed by atoms with Gasteiger partial charge in [-0.2, -0.15) is 0 Å². The molecule has 3 nitrogen and oxygen atoms in total. The number of hydrogen-bond donors (Lipinski definition) is 2. The highest BCUT2D eigenvalue weighted by molar-refractivity contribution is 7.80. The first kappa shape index (κ1) is 13.2. The highest BCUT2D eigenvalue weighted by Gasteiger charge is 2.08. The summed E-state index contributed by atoms with van der Waals surface area (Å²) in [5, 5.41) is 2.83. The van der Waals surface area contributed by atoms with Crippen molar-refractivity contribution < 1.29 is 4.79 Å². The lowest BCUT2D eigenvalue weighted by molar-refractivity contribution is -0.115. The number of thiocarbonyl (C=S) groups is 1. The number of benzene rings is 2. The summed E-state index contributed by atoms with van der Waals surface area (Å²) < 4.78 is 0. The van der Waals surface area contributed by atoms with Gasteiger partial charge in [0.1, 0.15) is 0 Å². The molecule has 96 valence electrons. The van der Waals surface area contributed by atoms with E-state index >= 15 is 0 Å². The second-order valence-electron chi connectivity index (χ2n) is 4.10. The van der Waals surface area contributed by atoms with Crippen LogP contribution in [0.3, 0.4) is 0 Å². The summed E-state index contributed by atoms with van der Waals surface area (Å²) in [5.41, 5.74) is 8.15. The molecule has 0 unspecified atom stereocenters. The van der Waals surface area contributed by atoms with Crippen LogP contribution in [0.5, 0.6) is 0 Å². The lowest BCUT2D eigenvalue weighted by atomic mass is 10.0. The molecule has 2 aromatic rings. The van der Waals surface area contributed by atoms with Crippen LogP contribution >= 0.6 is 12.2 Å². The van der Waals surface area contributed by atoms with Gasteiger partial charge in [0, 0.05) is 11.3 Å². The van der Waals surface area contributed by atoms with E-state index in [2.05, 4.69) is 5.32 Å². The van der Waals surface area contributed by atoms with Crippen molar-refractivity contribution in [3.63, 3.8) is 0 Å². The average Bonchev–Trinajstić information content (AvgIpc) is 2.39. The van der Waals surface area contributed by atoms with E-state index in [-0.39, 0.29) is 17.3 Å². The van der Waals surface area contributed by atoms with Crippen molar-refractivity contribution in [2.24, 2.45) is 5.73 Å². The SMILES string of the molecule is NC(=S)CC(=O)Nc1ccccc1-c1ccccc1. The van der Waals surface area contributed by atoms with Gasteiger partial charge in [-0.1, -0.05) is 60.7 Å². The highest BCUT2D eigenvalue weighted by Crippen LogP contribution is 2.27. The normalized spacial score (nSPS) is 9.89. The molecule has 0 atom stereocenters. The topological polar surface area (TPSA) is 55.1 Å². The smallest absolute Gasteiger partial charge is 0.231 e. The van der Waals surface area contributed by atoms with Crippen LogP contribution in [0.15, 0.2) is 54.6 Å². The zero-order chi connectivity index (χ0) is 13.7. The van der Waals surface area contributed by atoms with Gasteiger partial charge in [-0.25, -0.2) is 0 Å². The van der Waals surface area contributed by atoms with Gasteiger partial charge in [0.15, 0.2) is 0 Å². The Morgan fingerprint density at radius 1 is 1.05 bits per heavy atom. The van der Waals surface area contributed by atoms with Gasteiger partial charge in [0.25, 0.3) is 0 Å². The van der Waals surface area contributed by atoms with E-state index in [0.717, 1.165) is 16.8 Å². The first-order valence-corrected chi connectivity index (χ1v) is 6.30. The Balaban J connectivity index is 2.27. The summed E-state index contributed by atoms with van der Waals surface area (Å²) in [6, 6.07) is 17.5. The molecule has 0 heterocycles. The molecule has 0 radical (unpaired) electrons. The fraction of sp³-hybridized carbons (Fsp3) is 0.0667. The summed E-state index contributed by atoms with van der Waals surface area (Å²) in [6.45, 7) is 0. The van der Waals surface area contributed by atoms with E-state index in [1.807, 2.05) is 54.6 Å². The van der Waals surface area contributed by atoms with Crippen LogP contribution in [0, 0.1) is 0 Å². The monoisotopic (exact) mass is 270 g/mol. The first-order chi connectivity index (χ1) is 9.16. The van der Waals surface area contributed by atoms with Crippen molar-refractivity contribution in [1.29, 1.82) is 0 Å². The number of carbonyl (C=O) groups excluding carboxylic acids is 1. The maximum absolute atomic E-state index is 11.7. The fourth-order valence-corrected chi connectivity index (χ4v) is 1.95. The van der Waals surface area contributed by atoms with Crippen LogP contribution < -0.4 is 11.1 Å². The van der Waals surface area contributed by atoms with E-state index in [4.69, 9.17) is 18.0 Å². The lowest BCUT2D eigenvalue weighted by Gasteiger charge is -2.11. The highest BCUT2D eigenvalue weighted by atomic mass is 32.1. The van der Waals surface area contributed by atoms with Gasteiger partial charge in [0.2, 0.25) is 5.91 Å². The number of nitrogens with one attached hydrogen (secondary N) is 1. The molecule has 19 heavy (non-hydrogen) atoms. The van der Waals surface area contributed by atoms with Gasteiger partial charge in [0.05, 0.1) is 11.4 Å². The molecular formula is C15H14N2OS. The summed E-state index contributed by atoms with van der Waals surface area (Å²) in [6.07, 6.45) is 0.0540. The number of para-hydroxylation sites is 1. The molecule has 0 saturated carbocycles. The molecule has 0 bridgehead atoms. The third kappa shape index (κ3) is 3.63. The second kappa shape index (κ2) is 6.11. The number of carbonyl (C=O) groups is 1. The molecule has 0 spiro atoms. The summed E-state index contributed by atoms with van der Waals surface area (Å²) >= 11 is 4.73. The summed E-state index contributed by atoms with van der Waals surface area (Å²) in [7, 11) is 0. The zero-order valence-corrected chi connectivity index (χ0v) is 11.1. The van der Waals surface area contributed by atoms with E-state index in [0.29, 0.717) is 0 Å². The molecule has 2 rings (SSSR count). The Kier molecular flexibility index (Phi) is 4.26. The molecule has 0 aromatic heterocycles. The van der Waals surface area contributed by atoms with Crippen LogP contribution in [0.1, 0.15) is 6.42 Å². The van der Waals surface area contributed by atoms with Gasteiger partial charge in [-0.05, 0) is 11.6 Å². The summed E-state index contributed by atoms with van der Waals surface area (Å²) in [5.74, 6) is -0.198. The molecule has 0 aliphatic rings. The van der Waals surface area contributed by atoms with E-state index in [1.165, 1.54) is 0 Å². The predicted molar refractivity (Wildman–Crippen MR) is 81.9 cm³/mol. The second-order valence-corrected chi connectivity index (χ2v) is 4.63. The zero-order valence-electron chi connectivity index (χ0n) is 10.3. The molecule has 0 saturated heterocycles. The Hall–Kier alpha value is -2.20. The van der Waals surface area contributed by atoms with Gasteiger partial charge < -0.3 is 11.1 Å². The van der Waals surface area contributed by atoms with Crippen molar-refractivity contribution in [2.75, 3.05) is 5.32 Å². The van der Waals surface area contributed by atoms with Crippen LogP contribution in [-0.2, 0) is 4.79 Å². The van der Waals surface area contributed by atoms with Crippen LogP contribution in [0.25, 0.3) is 11.1 Å². The Morgan fingerprint density at radius 3 is 2.37 bits per heavy atom. The van der Waals surface area contributed by atoms with Gasteiger partial charge >= 0.3 is 0 Å². The lowest BCUT2D eigenvalue weighted by Crippen LogP contribution is -2.20. The molecular weight excluding hydrogens is 256 g/mol. The van der Waals surface area contributed by atoms with Crippen molar-refractivity contribution in [3.8, 4) is 11.1 Å². The molecule has 3 N–H and O–H groups in total. The van der Waals surface area contributed by atoms with Crippen molar-refractivity contribution in [1.82, 2.24) is 0 Å². The van der Waals surface area contributed by atoms with Crippen molar-refractivity contribution >= 4 is 28.8 Å². The molecule has 0 aliphatic heterocycles. The van der Waals surface area contributed by atoms with Gasteiger partial charge in [-0.3, -0.25) is 4.79 Å². The van der Waals surface area contributed by atoms with E-state index in [9.17, 15) is 4.79 Å². The molecule has 0 aliphatic carbocycles. The number of nitrogens with two attached hydrogens (primary N) is 1. The minimum Gasteiger partial charge on any atom is -0.393 e. The van der Waals surface area contributed by atoms with Crippen LogP contribution in [0.2, 0.25) is 0 Å². The average molecular weight is 270 g/mol. The maximum Gasteiger partial charge on any atom is 0.231 e. The quantitative estimate of drug-likeness (QED) is 0.840. The predicted octanol–water partition coefficient (Wildman–Crippen LogP) is 2.97. The molecule has 0 fully saturated rings. The van der Waals surface area contributed by atoms with Gasteiger partial charge in [-0.15, -0.1) is 0 Å². The third-order valence-corrected chi connectivity index (χ3v) is 2.77. The summed E-state index contributed by atoms with van der Waals surface area (Å²) in [4.78, 5) is 11.9. The van der Waals surface area contributed by atoms with E-state index < -0.39 is 0 Å². The number of rotatable bonds is 4. The van der Waals surface area contributed by atoms with Crippen LogP contribution in [0.4, 0.5) is 5.69 Å². The third-order valence-electron chi connectivity index (χ3n) is 2.62. The largest absolute Gasteiger partial charge is 0.393 e. The standard InChI is InChI=1S/C15H14N2OS/c16-14(19)10-15(18)17-13-9-5-4-8-12(13)11-6-2-1-3-7-11/h1-9H,10H2,(H2,16,19)(H,17,18). The minimum absolute atomic E-state index is 0.0540. The Bertz CT molecular complexity index is 596. The van der Waals surface area contributed by atoms with Crippen molar-refractivity contribution in [2.45, 2.75) is 6.42 Å². The molecule has 1 amide bonds. The number of hydrogen-bond acceptors (Lipinski definition) is 2. The number of amides is 1. The minimum atomic E-state index is -0.198. The molecule has 4 heteroatoms. The fourth-order valence-electron chi connectivity index (χ4n) is 1.81. The Morgan fingerprint density at radius 2 is 1.68 bits per heavy atom. The maximum atomic E-state index is 11.7. The van der Waals surface area contributed by atoms with Crippen molar-refractivity contribution in [3.05, 3.63) is 54.6 Å². The Labute approximate surface area is 117 Å².